The molecule has 1 amide bonds. The van der Waals surface area contributed by atoms with Gasteiger partial charge in [0.1, 0.15) is 0 Å². The highest BCUT2D eigenvalue weighted by Crippen LogP contribution is 2.36. The number of alkyl halides is 3. The Kier molecular flexibility index (Phi) is 3.50. The standard InChI is InChI=1S/C13H12F3NO2/c14-13(15,16)11-4-2-1-3-10(11)9-5-7-17(8-6-9)12(18)19/h1-5H,6-8H2,(H,18,19). The summed E-state index contributed by atoms with van der Waals surface area (Å²) in [6.07, 6.45) is -3.62. The van der Waals surface area contributed by atoms with Crippen LogP contribution in [0.25, 0.3) is 5.57 Å². The minimum Gasteiger partial charge on any atom is -0.465 e. The molecule has 1 aliphatic rings. The topological polar surface area (TPSA) is 40.5 Å². The maximum absolute atomic E-state index is 12.9. The zero-order valence-electron chi connectivity index (χ0n) is 9.94. The fourth-order valence-electron chi connectivity index (χ4n) is 2.10. The Balaban J connectivity index is 2.32. The summed E-state index contributed by atoms with van der Waals surface area (Å²) in [4.78, 5) is 11.9. The van der Waals surface area contributed by atoms with Gasteiger partial charge in [0.2, 0.25) is 0 Å². The third-order valence-corrected chi connectivity index (χ3v) is 3.06. The molecule has 0 bridgehead atoms. The number of rotatable bonds is 1. The Morgan fingerprint density at radius 1 is 1.26 bits per heavy atom. The largest absolute Gasteiger partial charge is 0.465 e. The predicted octanol–water partition coefficient (Wildman–Crippen LogP) is 3.47. The molecule has 0 fully saturated rings. The first-order valence-electron chi connectivity index (χ1n) is 5.73. The molecule has 1 aliphatic heterocycles. The number of amides is 1. The first-order chi connectivity index (χ1) is 8.89. The second-order valence-corrected chi connectivity index (χ2v) is 4.25. The van der Waals surface area contributed by atoms with Crippen molar-refractivity contribution in [3.8, 4) is 0 Å². The van der Waals surface area contributed by atoms with E-state index in [4.69, 9.17) is 5.11 Å². The Hall–Kier alpha value is -1.98. The molecule has 0 saturated heterocycles. The van der Waals surface area contributed by atoms with E-state index < -0.39 is 17.8 Å². The van der Waals surface area contributed by atoms with Crippen LogP contribution >= 0.6 is 0 Å². The van der Waals surface area contributed by atoms with Gasteiger partial charge in [-0.05, 0) is 23.6 Å². The van der Waals surface area contributed by atoms with Crippen LogP contribution < -0.4 is 0 Å². The van der Waals surface area contributed by atoms with Gasteiger partial charge in [0, 0.05) is 13.1 Å². The first kappa shape index (κ1) is 13.5. The fraction of sp³-hybridized carbons (Fsp3) is 0.308. The van der Waals surface area contributed by atoms with Crippen molar-refractivity contribution in [1.29, 1.82) is 0 Å². The number of hydrogen-bond donors (Lipinski definition) is 1. The third kappa shape index (κ3) is 2.89. The van der Waals surface area contributed by atoms with E-state index in [0.29, 0.717) is 12.0 Å². The van der Waals surface area contributed by atoms with E-state index in [9.17, 15) is 18.0 Å². The van der Waals surface area contributed by atoms with E-state index in [2.05, 4.69) is 0 Å². The van der Waals surface area contributed by atoms with Gasteiger partial charge >= 0.3 is 12.3 Å². The summed E-state index contributed by atoms with van der Waals surface area (Å²) in [6.45, 7) is 0.338. The molecule has 19 heavy (non-hydrogen) atoms. The summed E-state index contributed by atoms with van der Waals surface area (Å²) in [5.74, 6) is 0. The van der Waals surface area contributed by atoms with Gasteiger partial charge in [0.05, 0.1) is 5.56 Å². The predicted molar refractivity (Wildman–Crippen MR) is 63.6 cm³/mol. The van der Waals surface area contributed by atoms with E-state index in [1.165, 1.54) is 17.0 Å². The van der Waals surface area contributed by atoms with Gasteiger partial charge in [0.15, 0.2) is 0 Å². The molecule has 3 nitrogen and oxygen atoms in total. The molecule has 1 aromatic rings. The van der Waals surface area contributed by atoms with Gasteiger partial charge < -0.3 is 10.0 Å². The van der Waals surface area contributed by atoms with Crippen LogP contribution in [0.15, 0.2) is 30.3 Å². The molecular formula is C13H12F3NO2. The number of hydrogen-bond acceptors (Lipinski definition) is 1. The average Bonchev–Trinajstić information content (AvgIpc) is 2.38. The zero-order chi connectivity index (χ0) is 14.0. The summed E-state index contributed by atoms with van der Waals surface area (Å²) >= 11 is 0. The molecule has 6 heteroatoms. The summed E-state index contributed by atoms with van der Waals surface area (Å²) < 4.78 is 38.6. The maximum Gasteiger partial charge on any atom is 0.416 e. The number of carboxylic acid groups (broad SMARTS) is 1. The van der Waals surface area contributed by atoms with Crippen molar-refractivity contribution >= 4 is 11.7 Å². The van der Waals surface area contributed by atoms with E-state index in [0.717, 1.165) is 6.07 Å². The van der Waals surface area contributed by atoms with E-state index >= 15 is 0 Å². The normalized spacial score (nSPS) is 16.2. The van der Waals surface area contributed by atoms with Crippen molar-refractivity contribution in [1.82, 2.24) is 4.90 Å². The Labute approximate surface area is 108 Å². The van der Waals surface area contributed by atoms with Gasteiger partial charge in [-0.15, -0.1) is 0 Å². The van der Waals surface area contributed by atoms with Crippen molar-refractivity contribution < 1.29 is 23.1 Å². The molecular weight excluding hydrogens is 259 g/mol. The monoisotopic (exact) mass is 271 g/mol. The molecule has 102 valence electrons. The van der Waals surface area contributed by atoms with Crippen molar-refractivity contribution in [2.24, 2.45) is 0 Å². The molecule has 1 N–H and O–H groups in total. The summed E-state index contributed by atoms with van der Waals surface area (Å²) in [7, 11) is 0. The fourth-order valence-corrected chi connectivity index (χ4v) is 2.10. The summed E-state index contributed by atoms with van der Waals surface area (Å²) in [5, 5.41) is 8.80. The molecule has 2 rings (SSSR count). The maximum atomic E-state index is 12.9. The quantitative estimate of drug-likeness (QED) is 0.849. The SMILES string of the molecule is O=C(O)N1CC=C(c2ccccc2C(F)(F)F)CC1. The van der Waals surface area contributed by atoms with E-state index in [1.54, 1.807) is 12.1 Å². The molecule has 0 spiro atoms. The molecule has 0 radical (unpaired) electrons. The van der Waals surface area contributed by atoms with Crippen molar-refractivity contribution in [3.63, 3.8) is 0 Å². The number of halogens is 3. The molecule has 1 aromatic carbocycles. The number of carbonyl (C=O) groups is 1. The smallest absolute Gasteiger partial charge is 0.416 e. The van der Waals surface area contributed by atoms with Crippen LogP contribution in [0.4, 0.5) is 18.0 Å². The van der Waals surface area contributed by atoms with Crippen LogP contribution in [0.1, 0.15) is 17.5 Å². The Morgan fingerprint density at radius 2 is 1.95 bits per heavy atom. The van der Waals surface area contributed by atoms with Gasteiger partial charge in [-0.3, -0.25) is 0 Å². The van der Waals surface area contributed by atoms with Crippen molar-refractivity contribution in [2.45, 2.75) is 12.6 Å². The summed E-state index contributed by atoms with van der Waals surface area (Å²) in [6, 6.07) is 5.36. The molecule has 0 saturated carbocycles. The van der Waals surface area contributed by atoms with E-state index in [-0.39, 0.29) is 18.7 Å². The lowest BCUT2D eigenvalue weighted by Gasteiger charge is -2.25. The molecule has 1 heterocycles. The highest BCUT2D eigenvalue weighted by Gasteiger charge is 2.34. The van der Waals surface area contributed by atoms with Crippen LogP contribution in [-0.2, 0) is 6.18 Å². The summed E-state index contributed by atoms with van der Waals surface area (Å²) in [5.41, 5.74) is 0.00971. The van der Waals surface area contributed by atoms with Gasteiger partial charge in [0.25, 0.3) is 0 Å². The lowest BCUT2D eigenvalue weighted by Crippen LogP contribution is -2.33. The van der Waals surface area contributed by atoms with E-state index in [1.807, 2.05) is 0 Å². The van der Waals surface area contributed by atoms with Gasteiger partial charge in [-0.2, -0.15) is 13.2 Å². The Bertz CT molecular complexity index is 523. The highest BCUT2D eigenvalue weighted by molar-refractivity contribution is 5.73. The van der Waals surface area contributed by atoms with Crippen LogP contribution in [0.2, 0.25) is 0 Å². The number of benzene rings is 1. The second kappa shape index (κ2) is 4.95. The van der Waals surface area contributed by atoms with Crippen LogP contribution in [0, 0.1) is 0 Å². The van der Waals surface area contributed by atoms with Crippen LogP contribution in [0.5, 0.6) is 0 Å². The van der Waals surface area contributed by atoms with Crippen LogP contribution in [0.3, 0.4) is 0 Å². The Morgan fingerprint density at radius 3 is 2.47 bits per heavy atom. The second-order valence-electron chi connectivity index (χ2n) is 4.25. The van der Waals surface area contributed by atoms with Gasteiger partial charge in [-0.25, -0.2) is 4.79 Å². The minimum atomic E-state index is -4.40. The number of nitrogens with zero attached hydrogens (tertiary/aromatic N) is 1. The van der Waals surface area contributed by atoms with Gasteiger partial charge in [-0.1, -0.05) is 24.3 Å². The molecule has 0 aliphatic carbocycles. The lowest BCUT2D eigenvalue weighted by molar-refractivity contribution is -0.137. The zero-order valence-corrected chi connectivity index (χ0v) is 9.94. The minimum absolute atomic E-state index is 0.122. The average molecular weight is 271 g/mol. The third-order valence-electron chi connectivity index (χ3n) is 3.06. The highest BCUT2D eigenvalue weighted by atomic mass is 19.4. The lowest BCUT2D eigenvalue weighted by atomic mass is 9.95. The van der Waals surface area contributed by atoms with Crippen LogP contribution in [-0.4, -0.2) is 29.2 Å². The van der Waals surface area contributed by atoms with Crippen molar-refractivity contribution in [2.75, 3.05) is 13.1 Å². The molecule has 0 atom stereocenters. The first-order valence-corrected chi connectivity index (χ1v) is 5.73. The molecule has 0 aromatic heterocycles. The molecule has 0 unspecified atom stereocenters. The van der Waals surface area contributed by atoms with Crippen molar-refractivity contribution in [3.05, 3.63) is 41.5 Å².